The molecular formula is C10H10N4O2. The van der Waals surface area contributed by atoms with Crippen LogP contribution in [0.5, 0.6) is 0 Å². The first-order valence-electron chi connectivity index (χ1n) is 4.67. The van der Waals surface area contributed by atoms with Crippen molar-refractivity contribution >= 4 is 5.97 Å². The molecule has 0 aromatic carbocycles. The second-order valence-electron chi connectivity index (χ2n) is 3.09. The van der Waals surface area contributed by atoms with Gasteiger partial charge in [0.1, 0.15) is 6.54 Å². The third kappa shape index (κ3) is 2.05. The maximum absolute atomic E-state index is 11.1. The Balaban J connectivity index is 2.29. The summed E-state index contributed by atoms with van der Waals surface area (Å²) in [6.45, 7) is 0.0424. The molecule has 2 aromatic rings. The van der Waals surface area contributed by atoms with Gasteiger partial charge in [-0.3, -0.25) is 9.78 Å². The normalized spacial score (nSPS) is 10.1. The highest BCUT2D eigenvalue weighted by Gasteiger charge is 2.10. The summed E-state index contributed by atoms with van der Waals surface area (Å²) in [4.78, 5) is 15.1. The Labute approximate surface area is 91.9 Å². The van der Waals surface area contributed by atoms with Gasteiger partial charge in [0.15, 0.2) is 0 Å². The molecule has 0 saturated carbocycles. The number of carbonyl (C=O) groups is 1. The van der Waals surface area contributed by atoms with Gasteiger partial charge in [-0.1, -0.05) is 5.21 Å². The van der Waals surface area contributed by atoms with Crippen LogP contribution in [0.15, 0.2) is 30.7 Å². The highest BCUT2D eigenvalue weighted by Crippen LogP contribution is 2.15. The van der Waals surface area contributed by atoms with E-state index in [2.05, 4.69) is 20.0 Å². The molecule has 16 heavy (non-hydrogen) atoms. The molecule has 0 atom stereocenters. The van der Waals surface area contributed by atoms with Crippen LogP contribution in [0.4, 0.5) is 0 Å². The van der Waals surface area contributed by atoms with Crippen molar-refractivity contribution in [3.8, 4) is 11.3 Å². The SMILES string of the molecule is COC(=O)Cn1nncc1-c1cccnc1. The van der Waals surface area contributed by atoms with Crippen LogP contribution in [0.25, 0.3) is 11.3 Å². The largest absolute Gasteiger partial charge is 0.468 e. The molecular weight excluding hydrogens is 208 g/mol. The molecule has 2 aromatic heterocycles. The zero-order valence-corrected chi connectivity index (χ0v) is 8.70. The van der Waals surface area contributed by atoms with Crippen molar-refractivity contribution in [2.75, 3.05) is 7.11 Å². The van der Waals surface area contributed by atoms with Crippen LogP contribution in [-0.4, -0.2) is 33.1 Å². The fraction of sp³-hybridized carbons (Fsp3) is 0.200. The van der Waals surface area contributed by atoms with Crippen LogP contribution < -0.4 is 0 Å². The van der Waals surface area contributed by atoms with E-state index in [4.69, 9.17) is 0 Å². The van der Waals surface area contributed by atoms with Gasteiger partial charge in [0, 0.05) is 18.0 Å². The van der Waals surface area contributed by atoms with Crippen molar-refractivity contribution in [3.05, 3.63) is 30.7 Å². The molecule has 0 bridgehead atoms. The number of rotatable bonds is 3. The Kier molecular flexibility index (Phi) is 2.90. The average molecular weight is 218 g/mol. The lowest BCUT2D eigenvalue weighted by Gasteiger charge is -2.03. The molecule has 0 aliphatic rings. The summed E-state index contributed by atoms with van der Waals surface area (Å²) < 4.78 is 6.05. The summed E-state index contributed by atoms with van der Waals surface area (Å²) in [5, 5.41) is 7.58. The monoisotopic (exact) mass is 218 g/mol. The summed E-state index contributed by atoms with van der Waals surface area (Å²) in [6, 6.07) is 3.68. The van der Waals surface area contributed by atoms with Gasteiger partial charge in [-0.05, 0) is 12.1 Å². The van der Waals surface area contributed by atoms with Crippen LogP contribution in [0, 0.1) is 0 Å². The van der Waals surface area contributed by atoms with Gasteiger partial charge in [0.2, 0.25) is 0 Å². The van der Waals surface area contributed by atoms with Crippen molar-refractivity contribution in [3.63, 3.8) is 0 Å². The Hall–Kier alpha value is -2.24. The summed E-state index contributed by atoms with van der Waals surface area (Å²) in [6.07, 6.45) is 4.95. The highest BCUT2D eigenvalue weighted by atomic mass is 16.5. The molecule has 0 unspecified atom stereocenters. The summed E-state index contributed by atoms with van der Waals surface area (Å²) >= 11 is 0. The van der Waals surface area contributed by atoms with Gasteiger partial charge in [-0.25, -0.2) is 4.68 Å². The van der Waals surface area contributed by atoms with Crippen LogP contribution in [0.2, 0.25) is 0 Å². The predicted octanol–water partition coefficient (Wildman–Crippen LogP) is 0.513. The molecule has 6 heteroatoms. The zero-order valence-electron chi connectivity index (χ0n) is 8.70. The molecule has 82 valence electrons. The number of methoxy groups -OCH3 is 1. The van der Waals surface area contributed by atoms with Crippen molar-refractivity contribution in [2.45, 2.75) is 6.54 Å². The van der Waals surface area contributed by atoms with Crippen LogP contribution in [0.1, 0.15) is 0 Å². The maximum Gasteiger partial charge on any atom is 0.327 e. The van der Waals surface area contributed by atoms with Crippen LogP contribution >= 0.6 is 0 Å². The minimum atomic E-state index is -0.365. The van der Waals surface area contributed by atoms with Crippen LogP contribution in [0.3, 0.4) is 0 Å². The minimum absolute atomic E-state index is 0.0424. The standard InChI is InChI=1S/C10H10N4O2/c1-16-10(15)7-14-9(6-12-13-14)8-3-2-4-11-5-8/h2-6H,7H2,1H3. The number of nitrogens with zero attached hydrogens (tertiary/aromatic N) is 4. The molecule has 0 spiro atoms. The third-order valence-electron chi connectivity index (χ3n) is 2.08. The number of esters is 1. The van der Waals surface area contributed by atoms with E-state index in [0.717, 1.165) is 11.3 Å². The van der Waals surface area contributed by atoms with E-state index in [1.165, 1.54) is 11.8 Å². The number of aromatic nitrogens is 4. The van der Waals surface area contributed by atoms with E-state index in [1.807, 2.05) is 12.1 Å². The van der Waals surface area contributed by atoms with Crippen LogP contribution in [-0.2, 0) is 16.1 Å². The fourth-order valence-electron chi connectivity index (χ4n) is 1.30. The number of hydrogen-bond acceptors (Lipinski definition) is 5. The second-order valence-corrected chi connectivity index (χ2v) is 3.09. The van der Waals surface area contributed by atoms with Crippen molar-refractivity contribution in [1.29, 1.82) is 0 Å². The molecule has 0 saturated heterocycles. The molecule has 2 rings (SSSR count). The molecule has 2 heterocycles. The Bertz CT molecular complexity index is 481. The topological polar surface area (TPSA) is 69.9 Å². The average Bonchev–Trinajstić information content (AvgIpc) is 2.78. The van der Waals surface area contributed by atoms with Gasteiger partial charge < -0.3 is 4.74 Å². The molecule has 0 amide bonds. The molecule has 0 fully saturated rings. The highest BCUT2D eigenvalue weighted by molar-refractivity contribution is 5.70. The van der Waals surface area contributed by atoms with E-state index in [-0.39, 0.29) is 12.5 Å². The lowest BCUT2D eigenvalue weighted by molar-refractivity contribution is -0.141. The van der Waals surface area contributed by atoms with E-state index in [9.17, 15) is 4.79 Å². The van der Waals surface area contributed by atoms with E-state index in [0.29, 0.717) is 0 Å². The van der Waals surface area contributed by atoms with E-state index >= 15 is 0 Å². The Morgan fingerprint density at radius 1 is 1.50 bits per heavy atom. The summed E-state index contributed by atoms with van der Waals surface area (Å²) in [5.41, 5.74) is 1.59. The van der Waals surface area contributed by atoms with Crippen molar-refractivity contribution < 1.29 is 9.53 Å². The first-order chi connectivity index (χ1) is 7.81. The van der Waals surface area contributed by atoms with Crippen molar-refractivity contribution in [2.24, 2.45) is 0 Å². The maximum atomic E-state index is 11.1. The van der Waals surface area contributed by atoms with E-state index < -0.39 is 0 Å². The Morgan fingerprint density at radius 3 is 3.06 bits per heavy atom. The third-order valence-corrected chi connectivity index (χ3v) is 2.08. The number of carbonyl (C=O) groups excluding carboxylic acids is 1. The lowest BCUT2D eigenvalue weighted by Crippen LogP contribution is -2.13. The van der Waals surface area contributed by atoms with Gasteiger partial charge in [0.05, 0.1) is 19.0 Å². The second kappa shape index (κ2) is 4.52. The molecule has 0 N–H and O–H groups in total. The number of ether oxygens (including phenoxy) is 1. The van der Waals surface area contributed by atoms with Gasteiger partial charge in [-0.2, -0.15) is 0 Å². The van der Waals surface area contributed by atoms with Gasteiger partial charge in [-0.15, -0.1) is 5.10 Å². The first-order valence-corrected chi connectivity index (χ1v) is 4.67. The molecule has 0 aliphatic carbocycles. The van der Waals surface area contributed by atoms with Gasteiger partial charge in [0.25, 0.3) is 0 Å². The first kappa shape index (κ1) is 10.3. The molecule has 6 nitrogen and oxygen atoms in total. The minimum Gasteiger partial charge on any atom is -0.468 e. The lowest BCUT2D eigenvalue weighted by atomic mass is 10.2. The predicted molar refractivity (Wildman–Crippen MR) is 55.3 cm³/mol. The number of hydrogen-bond donors (Lipinski definition) is 0. The summed E-state index contributed by atoms with van der Waals surface area (Å²) in [5.74, 6) is -0.365. The molecule has 0 aliphatic heterocycles. The Morgan fingerprint density at radius 2 is 2.38 bits per heavy atom. The van der Waals surface area contributed by atoms with Gasteiger partial charge >= 0.3 is 5.97 Å². The molecule has 0 radical (unpaired) electrons. The summed E-state index contributed by atoms with van der Waals surface area (Å²) in [7, 11) is 1.34. The smallest absolute Gasteiger partial charge is 0.327 e. The zero-order chi connectivity index (χ0) is 11.4. The number of pyridine rings is 1. The van der Waals surface area contributed by atoms with E-state index in [1.54, 1.807) is 18.6 Å². The fourth-order valence-corrected chi connectivity index (χ4v) is 1.30. The quantitative estimate of drug-likeness (QED) is 0.702. The van der Waals surface area contributed by atoms with Crippen molar-refractivity contribution in [1.82, 2.24) is 20.0 Å².